The standard InChI is InChI=1S/C18H19NO4/c20-17(21)11-15(19-18(22)16-9-4-10-23-16)14-8-3-6-12-5-1-2-7-13(12)14/h1-3,5-8,15-16H,4,9-11H2,(H,19,22)(H,20,21)/t15-,16+/m1/s1. The molecule has 0 saturated carbocycles. The average Bonchev–Trinajstić information content (AvgIpc) is 3.08. The Morgan fingerprint density at radius 3 is 2.74 bits per heavy atom. The Hall–Kier alpha value is -2.40. The molecule has 1 aliphatic heterocycles. The minimum Gasteiger partial charge on any atom is -0.481 e. The van der Waals surface area contributed by atoms with Crippen LogP contribution < -0.4 is 5.32 Å². The molecule has 1 aliphatic rings. The highest BCUT2D eigenvalue weighted by atomic mass is 16.5. The van der Waals surface area contributed by atoms with Gasteiger partial charge in [0.25, 0.3) is 0 Å². The summed E-state index contributed by atoms with van der Waals surface area (Å²) >= 11 is 0. The van der Waals surface area contributed by atoms with E-state index in [1.54, 1.807) is 0 Å². The lowest BCUT2D eigenvalue weighted by Crippen LogP contribution is -2.37. The van der Waals surface area contributed by atoms with Crippen molar-refractivity contribution in [2.24, 2.45) is 0 Å². The quantitative estimate of drug-likeness (QED) is 0.890. The van der Waals surface area contributed by atoms with Crippen LogP contribution in [0.25, 0.3) is 10.8 Å². The first-order valence-electron chi connectivity index (χ1n) is 7.76. The lowest BCUT2D eigenvalue weighted by Gasteiger charge is -2.21. The highest BCUT2D eigenvalue weighted by Gasteiger charge is 2.27. The van der Waals surface area contributed by atoms with Crippen LogP contribution in [0, 0.1) is 0 Å². The molecule has 2 aromatic rings. The van der Waals surface area contributed by atoms with E-state index in [-0.39, 0.29) is 12.3 Å². The molecule has 1 saturated heterocycles. The summed E-state index contributed by atoms with van der Waals surface area (Å²) in [5.74, 6) is -1.18. The van der Waals surface area contributed by atoms with Crippen LogP contribution in [0.15, 0.2) is 42.5 Å². The zero-order valence-corrected chi connectivity index (χ0v) is 12.7. The van der Waals surface area contributed by atoms with Crippen molar-refractivity contribution in [1.82, 2.24) is 5.32 Å². The Bertz CT molecular complexity index is 717. The first-order valence-corrected chi connectivity index (χ1v) is 7.76. The third kappa shape index (κ3) is 3.51. The van der Waals surface area contributed by atoms with E-state index in [1.807, 2.05) is 42.5 Å². The zero-order valence-electron chi connectivity index (χ0n) is 12.7. The summed E-state index contributed by atoms with van der Waals surface area (Å²) in [6.45, 7) is 0.579. The maximum Gasteiger partial charge on any atom is 0.305 e. The minimum atomic E-state index is -0.949. The van der Waals surface area contributed by atoms with Gasteiger partial charge in [-0.15, -0.1) is 0 Å². The fraction of sp³-hybridized carbons (Fsp3) is 0.333. The van der Waals surface area contributed by atoms with Gasteiger partial charge >= 0.3 is 5.97 Å². The fourth-order valence-corrected chi connectivity index (χ4v) is 3.02. The number of carbonyl (C=O) groups excluding carboxylic acids is 1. The Morgan fingerprint density at radius 1 is 1.22 bits per heavy atom. The molecule has 2 atom stereocenters. The predicted octanol–water partition coefficient (Wildman–Crippen LogP) is 2.65. The van der Waals surface area contributed by atoms with Crippen LogP contribution >= 0.6 is 0 Å². The second-order valence-electron chi connectivity index (χ2n) is 5.73. The molecule has 1 fully saturated rings. The molecule has 120 valence electrons. The number of carboxylic acids is 1. The molecule has 2 aromatic carbocycles. The number of rotatable bonds is 5. The molecule has 0 spiro atoms. The minimum absolute atomic E-state index is 0.160. The summed E-state index contributed by atoms with van der Waals surface area (Å²) in [7, 11) is 0. The van der Waals surface area contributed by atoms with Gasteiger partial charge in [-0.2, -0.15) is 0 Å². The van der Waals surface area contributed by atoms with Gasteiger partial charge in [-0.25, -0.2) is 0 Å². The largest absolute Gasteiger partial charge is 0.481 e. The van der Waals surface area contributed by atoms with Crippen molar-refractivity contribution in [3.8, 4) is 0 Å². The highest BCUT2D eigenvalue weighted by molar-refractivity contribution is 5.88. The van der Waals surface area contributed by atoms with Gasteiger partial charge in [0.05, 0.1) is 12.5 Å². The third-order valence-electron chi connectivity index (χ3n) is 4.12. The first kappa shape index (κ1) is 15.5. The number of benzene rings is 2. The van der Waals surface area contributed by atoms with Gasteiger partial charge in [-0.1, -0.05) is 42.5 Å². The van der Waals surface area contributed by atoms with E-state index in [1.165, 1.54) is 0 Å². The van der Waals surface area contributed by atoms with Crippen LogP contribution in [-0.2, 0) is 14.3 Å². The van der Waals surface area contributed by atoms with Crippen LogP contribution in [-0.4, -0.2) is 29.7 Å². The van der Waals surface area contributed by atoms with Crippen molar-refractivity contribution < 1.29 is 19.4 Å². The Morgan fingerprint density at radius 2 is 2.00 bits per heavy atom. The molecule has 5 nitrogen and oxygen atoms in total. The van der Waals surface area contributed by atoms with Crippen molar-refractivity contribution in [3.63, 3.8) is 0 Å². The SMILES string of the molecule is O=C(O)C[C@@H](NC(=O)[C@@H]1CCCO1)c1cccc2ccccc12. The summed E-state index contributed by atoms with van der Waals surface area (Å²) in [6, 6.07) is 12.9. The van der Waals surface area contributed by atoms with E-state index in [0.717, 1.165) is 22.8 Å². The van der Waals surface area contributed by atoms with Gasteiger partial charge in [0, 0.05) is 6.61 Å². The molecule has 23 heavy (non-hydrogen) atoms. The summed E-state index contributed by atoms with van der Waals surface area (Å²) in [6.07, 6.45) is 0.908. The number of hydrogen-bond acceptors (Lipinski definition) is 3. The first-order chi connectivity index (χ1) is 11.1. The lowest BCUT2D eigenvalue weighted by atomic mass is 9.96. The van der Waals surface area contributed by atoms with E-state index in [2.05, 4.69) is 5.32 Å². The van der Waals surface area contributed by atoms with Crippen molar-refractivity contribution in [2.45, 2.75) is 31.4 Å². The number of amides is 1. The molecule has 5 heteroatoms. The molecule has 1 amide bonds. The second kappa shape index (κ2) is 6.79. The lowest BCUT2D eigenvalue weighted by molar-refractivity contribution is -0.138. The fourth-order valence-electron chi connectivity index (χ4n) is 3.02. The normalized spacial score (nSPS) is 18.7. The maximum absolute atomic E-state index is 12.3. The molecule has 0 aliphatic carbocycles. The smallest absolute Gasteiger partial charge is 0.305 e. The zero-order chi connectivity index (χ0) is 16.2. The van der Waals surface area contributed by atoms with E-state index >= 15 is 0 Å². The molecule has 0 unspecified atom stereocenters. The number of aliphatic carboxylic acids is 1. The van der Waals surface area contributed by atoms with Gasteiger partial charge < -0.3 is 15.2 Å². The molecule has 0 aromatic heterocycles. The number of hydrogen-bond donors (Lipinski definition) is 2. The van der Waals surface area contributed by atoms with Crippen molar-refractivity contribution in [2.75, 3.05) is 6.61 Å². The Balaban J connectivity index is 1.91. The third-order valence-corrected chi connectivity index (χ3v) is 4.12. The van der Waals surface area contributed by atoms with Crippen LogP contribution in [0.1, 0.15) is 30.9 Å². The van der Waals surface area contributed by atoms with Gasteiger partial charge in [0.2, 0.25) is 5.91 Å². The monoisotopic (exact) mass is 313 g/mol. The van der Waals surface area contributed by atoms with Crippen molar-refractivity contribution in [3.05, 3.63) is 48.0 Å². The summed E-state index contributed by atoms with van der Waals surface area (Å²) < 4.78 is 5.38. The summed E-state index contributed by atoms with van der Waals surface area (Å²) in [4.78, 5) is 23.6. The number of carbonyl (C=O) groups is 2. The number of carboxylic acid groups (broad SMARTS) is 1. The maximum atomic E-state index is 12.3. The molecule has 3 rings (SSSR count). The van der Waals surface area contributed by atoms with Gasteiger partial charge in [-0.3, -0.25) is 9.59 Å². The average molecular weight is 313 g/mol. The van der Waals surface area contributed by atoms with Gasteiger partial charge in [-0.05, 0) is 29.2 Å². The predicted molar refractivity (Wildman–Crippen MR) is 86.1 cm³/mol. The second-order valence-corrected chi connectivity index (χ2v) is 5.73. The van der Waals surface area contributed by atoms with Crippen LogP contribution in [0.3, 0.4) is 0 Å². The van der Waals surface area contributed by atoms with Crippen LogP contribution in [0.2, 0.25) is 0 Å². The number of fused-ring (bicyclic) bond motifs is 1. The van der Waals surface area contributed by atoms with Crippen molar-refractivity contribution in [1.29, 1.82) is 0 Å². The van der Waals surface area contributed by atoms with Crippen molar-refractivity contribution >= 4 is 22.6 Å². The van der Waals surface area contributed by atoms with Crippen LogP contribution in [0.4, 0.5) is 0 Å². The molecular formula is C18H19NO4. The molecular weight excluding hydrogens is 294 g/mol. The van der Waals surface area contributed by atoms with E-state index in [0.29, 0.717) is 13.0 Å². The topological polar surface area (TPSA) is 75.6 Å². The molecule has 0 radical (unpaired) electrons. The highest BCUT2D eigenvalue weighted by Crippen LogP contribution is 2.27. The van der Waals surface area contributed by atoms with E-state index < -0.39 is 18.1 Å². The Kier molecular flexibility index (Phi) is 4.57. The summed E-state index contributed by atoms with van der Waals surface area (Å²) in [5.41, 5.74) is 0.817. The Labute approximate surface area is 134 Å². The molecule has 1 heterocycles. The molecule has 0 bridgehead atoms. The molecule has 2 N–H and O–H groups in total. The van der Waals surface area contributed by atoms with Crippen LogP contribution in [0.5, 0.6) is 0 Å². The summed E-state index contributed by atoms with van der Waals surface area (Å²) in [5, 5.41) is 14.0. The van der Waals surface area contributed by atoms with Gasteiger partial charge in [0.15, 0.2) is 0 Å². The van der Waals surface area contributed by atoms with E-state index in [4.69, 9.17) is 4.74 Å². The number of nitrogens with one attached hydrogen (secondary N) is 1. The number of ether oxygens (including phenoxy) is 1. The van der Waals surface area contributed by atoms with Gasteiger partial charge in [0.1, 0.15) is 6.10 Å². The van der Waals surface area contributed by atoms with E-state index in [9.17, 15) is 14.7 Å².